The largest absolute Gasteiger partial charge is 0.333 e. The Balaban J connectivity index is 2.20. The van der Waals surface area contributed by atoms with Gasteiger partial charge in [0.05, 0.1) is 28.9 Å². The number of amides is 1. The van der Waals surface area contributed by atoms with Gasteiger partial charge in [0.25, 0.3) is 5.56 Å². The Kier molecular flexibility index (Phi) is 9.48. The van der Waals surface area contributed by atoms with Gasteiger partial charge in [-0.25, -0.2) is 9.37 Å². The molecule has 0 bridgehead atoms. The van der Waals surface area contributed by atoms with Crippen molar-refractivity contribution >= 4 is 22.4 Å². The summed E-state index contributed by atoms with van der Waals surface area (Å²) in [5, 5.41) is 9.19. The number of fused-ring (bicyclic) bond motifs is 1. The summed E-state index contributed by atoms with van der Waals surface area (Å²) in [7, 11) is -1.09. The summed E-state index contributed by atoms with van der Waals surface area (Å²) in [5.41, 5.74) is 2.19. The van der Waals surface area contributed by atoms with Gasteiger partial charge in [-0.3, -0.25) is 18.2 Å². The second-order valence-electron chi connectivity index (χ2n) is 8.77. The van der Waals surface area contributed by atoms with Gasteiger partial charge in [0, 0.05) is 41.5 Å². The fourth-order valence-electron chi connectivity index (χ4n) is 4.20. The highest BCUT2D eigenvalue weighted by Gasteiger charge is 2.28. The summed E-state index contributed by atoms with van der Waals surface area (Å²) in [4.78, 5) is 33.4. The highest BCUT2D eigenvalue weighted by Crippen LogP contribution is 2.29. The Bertz CT molecular complexity index is 1440. The van der Waals surface area contributed by atoms with Gasteiger partial charge in [-0.15, -0.1) is 0 Å². The van der Waals surface area contributed by atoms with E-state index in [9.17, 15) is 23.5 Å². The van der Waals surface area contributed by atoms with Crippen molar-refractivity contribution in [1.29, 1.82) is 5.26 Å². The average Bonchev–Trinajstić information content (AvgIpc) is 2.89. The lowest BCUT2D eigenvalue weighted by Crippen LogP contribution is -2.38. The third-order valence-electron chi connectivity index (χ3n) is 6.17. The first-order chi connectivity index (χ1) is 17.7. The minimum atomic E-state index is -1.09. The minimum absolute atomic E-state index is 0.158. The Morgan fingerprint density at radius 3 is 2.57 bits per heavy atom. The molecule has 0 N–H and O–H groups in total. The zero-order valence-corrected chi connectivity index (χ0v) is 22.3. The summed E-state index contributed by atoms with van der Waals surface area (Å²) in [6.45, 7) is 7.75. The third-order valence-corrected chi connectivity index (χ3v) is 7.45. The van der Waals surface area contributed by atoms with Gasteiger partial charge in [-0.2, -0.15) is 5.26 Å². The van der Waals surface area contributed by atoms with Crippen molar-refractivity contribution in [2.45, 2.75) is 46.6 Å². The zero-order valence-electron chi connectivity index (χ0n) is 21.5. The standard InChI is InChI=1S/C28H31FN4O3S/c1-5-7-19(3)16-25(34)32(14-15-37(36)6-2)20(4)27-26(22-10-8-21(17-30)9-11-22)28(35)33-18-23(29)12-13-24(33)31-27/h7-13,18,20H,5-6,14-16H2,1-4H3/b19-7+. The Hall–Kier alpha value is -3.64. The van der Waals surface area contributed by atoms with Gasteiger partial charge in [0.15, 0.2) is 0 Å². The lowest BCUT2D eigenvalue weighted by atomic mass is 9.99. The molecular formula is C28H31FN4O3S. The predicted octanol–water partition coefficient (Wildman–Crippen LogP) is 4.78. The van der Waals surface area contributed by atoms with Crippen LogP contribution >= 0.6 is 0 Å². The number of nitrogens with zero attached hydrogens (tertiary/aromatic N) is 4. The van der Waals surface area contributed by atoms with E-state index in [4.69, 9.17) is 4.98 Å². The van der Waals surface area contributed by atoms with E-state index in [-0.39, 0.29) is 30.1 Å². The lowest BCUT2D eigenvalue weighted by Gasteiger charge is -2.30. The van der Waals surface area contributed by atoms with Crippen LogP contribution in [-0.4, -0.2) is 42.5 Å². The third kappa shape index (κ3) is 6.57. The van der Waals surface area contributed by atoms with Crippen LogP contribution in [0, 0.1) is 17.1 Å². The molecule has 1 amide bonds. The molecule has 2 aromatic heterocycles. The average molecular weight is 523 g/mol. The number of carbonyl (C=O) groups is 1. The molecule has 0 aliphatic carbocycles. The predicted molar refractivity (Wildman–Crippen MR) is 144 cm³/mol. The molecule has 1 aromatic carbocycles. The van der Waals surface area contributed by atoms with Crippen LogP contribution in [-0.2, 0) is 15.6 Å². The molecule has 9 heteroatoms. The van der Waals surface area contributed by atoms with Gasteiger partial charge >= 0.3 is 0 Å². The van der Waals surface area contributed by atoms with Crippen LogP contribution < -0.4 is 5.56 Å². The molecule has 2 unspecified atom stereocenters. The van der Waals surface area contributed by atoms with Crippen molar-refractivity contribution < 1.29 is 13.4 Å². The van der Waals surface area contributed by atoms with E-state index in [1.807, 2.05) is 26.8 Å². The fraction of sp³-hybridized carbons (Fsp3) is 0.357. The van der Waals surface area contributed by atoms with Crippen molar-refractivity contribution in [3.8, 4) is 17.2 Å². The molecule has 2 heterocycles. The molecular weight excluding hydrogens is 491 g/mol. The molecule has 3 aromatic rings. The molecule has 0 aliphatic heterocycles. The van der Waals surface area contributed by atoms with Crippen LogP contribution in [0.2, 0.25) is 0 Å². The van der Waals surface area contributed by atoms with Crippen molar-refractivity contribution in [2.75, 3.05) is 18.1 Å². The van der Waals surface area contributed by atoms with Gasteiger partial charge < -0.3 is 4.90 Å². The normalized spacial score (nSPS) is 13.2. The van der Waals surface area contributed by atoms with E-state index < -0.39 is 28.2 Å². The summed E-state index contributed by atoms with van der Waals surface area (Å²) >= 11 is 0. The maximum absolute atomic E-state index is 14.0. The van der Waals surface area contributed by atoms with Gasteiger partial charge in [0.1, 0.15) is 11.5 Å². The van der Waals surface area contributed by atoms with E-state index in [1.54, 1.807) is 36.1 Å². The van der Waals surface area contributed by atoms with Crippen LogP contribution in [0.3, 0.4) is 0 Å². The lowest BCUT2D eigenvalue weighted by molar-refractivity contribution is -0.132. The van der Waals surface area contributed by atoms with E-state index in [0.29, 0.717) is 28.3 Å². The molecule has 0 aliphatic rings. The second kappa shape index (κ2) is 12.5. The maximum Gasteiger partial charge on any atom is 0.266 e. The molecule has 0 fully saturated rings. The van der Waals surface area contributed by atoms with Crippen LogP contribution in [0.4, 0.5) is 4.39 Å². The fourth-order valence-corrected chi connectivity index (χ4v) is 4.89. The summed E-state index contributed by atoms with van der Waals surface area (Å²) in [6, 6.07) is 10.5. The quantitative estimate of drug-likeness (QED) is 0.357. The first-order valence-corrected chi connectivity index (χ1v) is 13.7. The number of benzene rings is 1. The SMILES string of the molecule is CC/C=C(\C)CC(=O)N(CCS(=O)CC)C(C)c1nc2ccc(F)cn2c(=O)c1-c1ccc(C#N)cc1. The van der Waals surface area contributed by atoms with Gasteiger partial charge in [-0.05, 0) is 50.1 Å². The first-order valence-electron chi connectivity index (χ1n) is 12.2. The van der Waals surface area contributed by atoms with E-state index >= 15 is 0 Å². The molecule has 0 saturated carbocycles. The van der Waals surface area contributed by atoms with E-state index in [2.05, 4.69) is 6.07 Å². The second-order valence-corrected chi connectivity index (χ2v) is 10.6. The van der Waals surface area contributed by atoms with Gasteiger partial charge in [-0.1, -0.05) is 37.6 Å². The zero-order chi connectivity index (χ0) is 27.1. The smallest absolute Gasteiger partial charge is 0.266 e. The van der Waals surface area contributed by atoms with Crippen LogP contribution in [0.5, 0.6) is 0 Å². The number of pyridine rings is 1. The molecule has 3 rings (SSSR count). The number of aromatic nitrogens is 2. The summed E-state index contributed by atoms with van der Waals surface area (Å²) < 4.78 is 27.4. The van der Waals surface area contributed by atoms with E-state index in [1.165, 1.54) is 12.1 Å². The Labute approximate surface area is 218 Å². The molecule has 0 spiro atoms. The maximum atomic E-state index is 14.0. The van der Waals surface area contributed by atoms with Crippen molar-refractivity contribution in [1.82, 2.24) is 14.3 Å². The Morgan fingerprint density at radius 2 is 1.95 bits per heavy atom. The molecule has 0 radical (unpaired) electrons. The van der Waals surface area contributed by atoms with Crippen molar-refractivity contribution in [2.24, 2.45) is 0 Å². The van der Waals surface area contributed by atoms with E-state index in [0.717, 1.165) is 22.6 Å². The molecule has 7 nitrogen and oxygen atoms in total. The number of allylic oxidation sites excluding steroid dienone is 1. The number of hydrogen-bond acceptors (Lipinski definition) is 5. The number of halogens is 1. The van der Waals surface area contributed by atoms with Crippen molar-refractivity contribution in [3.05, 3.63) is 81.7 Å². The van der Waals surface area contributed by atoms with Gasteiger partial charge in [0.2, 0.25) is 5.91 Å². The monoisotopic (exact) mass is 522 g/mol. The highest BCUT2D eigenvalue weighted by molar-refractivity contribution is 7.84. The van der Waals surface area contributed by atoms with Crippen LogP contribution in [0.25, 0.3) is 16.8 Å². The first kappa shape index (κ1) is 27.9. The Morgan fingerprint density at radius 1 is 1.24 bits per heavy atom. The molecule has 194 valence electrons. The molecule has 0 saturated heterocycles. The molecule has 2 atom stereocenters. The topological polar surface area (TPSA) is 95.5 Å². The summed E-state index contributed by atoms with van der Waals surface area (Å²) in [6.07, 6.45) is 4.07. The number of nitriles is 1. The minimum Gasteiger partial charge on any atom is -0.333 e. The van der Waals surface area contributed by atoms with Crippen LogP contribution in [0.1, 0.15) is 57.8 Å². The highest BCUT2D eigenvalue weighted by atomic mass is 32.2. The van der Waals surface area contributed by atoms with Crippen molar-refractivity contribution in [3.63, 3.8) is 0 Å². The van der Waals surface area contributed by atoms with Crippen LogP contribution in [0.15, 0.2) is 59.0 Å². The molecule has 37 heavy (non-hydrogen) atoms. The summed E-state index contributed by atoms with van der Waals surface area (Å²) in [5.74, 6) is 0.0327. The number of hydrogen-bond donors (Lipinski definition) is 0. The number of carbonyl (C=O) groups excluding carboxylic acids is 1. The number of rotatable bonds is 10.